The van der Waals surface area contributed by atoms with Crippen LogP contribution in [0.4, 0.5) is 10.5 Å². The smallest absolute Gasteiger partial charge is 0.404 e. The first kappa shape index (κ1) is 33.8. The standard InChI is InChI=1S/C34H46ClN3O5S/c1-5-7-9-25(18-36-34(40)41)30-13-10-26(30)19-38-20-27(29-14-12-28(35)16-23(29)8-6-2)21-43-32-15-11-24(17-31(32)38)33(39)37-44(42)22(3)4/h7,9,11-12,14-17,22,25-27,30,36H,5-6,8,10,13,18-21H2,1-4H3,(H,37,39)(H,40,41)/b9-7+. The van der Waals surface area contributed by atoms with Gasteiger partial charge in [0, 0.05) is 41.4 Å². The van der Waals surface area contributed by atoms with Gasteiger partial charge >= 0.3 is 6.09 Å². The van der Waals surface area contributed by atoms with Gasteiger partial charge < -0.3 is 20.1 Å². The van der Waals surface area contributed by atoms with E-state index in [-0.39, 0.29) is 23.0 Å². The van der Waals surface area contributed by atoms with Gasteiger partial charge in [-0.1, -0.05) is 50.1 Å². The summed E-state index contributed by atoms with van der Waals surface area (Å²) in [5.41, 5.74) is 3.72. The molecule has 0 aromatic heterocycles. The Morgan fingerprint density at radius 2 is 1.98 bits per heavy atom. The molecule has 1 aliphatic heterocycles. The lowest BCUT2D eigenvalue weighted by molar-refractivity contribution is 0.0982. The monoisotopic (exact) mass is 643 g/mol. The molecule has 240 valence electrons. The number of carbonyl (C=O) groups is 2. The highest BCUT2D eigenvalue weighted by Gasteiger charge is 2.38. The molecule has 0 spiro atoms. The lowest BCUT2D eigenvalue weighted by Gasteiger charge is -2.44. The van der Waals surface area contributed by atoms with E-state index in [2.05, 4.69) is 53.1 Å². The van der Waals surface area contributed by atoms with Gasteiger partial charge in [-0.05, 0) is 98.7 Å². The maximum Gasteiger partial charge on any atom is 0.404 e. The number of rotatable bonds is 13. The molecule has 5 atom stereocenters. The fourth-order valence-electron chi connectivity index (χ4n) is 6.27. The van der Waals surface area contributed by atoms with Gasteiger partial charge in [0.05, 0.1) is 12.3 Å². The number of nitrogens with one attached hydrogen (secondary N) is 2. The van der Waals surface area contributed by atoms with Crippen LogP contribution in [0.2, 0.25) is 5.02 Å². The van der Waals surface area contributed by atoms with Crippen molar-refractivity contribution in [3.05, 3.63) is 70.3 Å². The summed E-state index contributed by atoms with van der Waals surface area (Å²) in [6.07, 6.45) is 8.17. The third kappa shape index (κ3) is 8.57. The second-order valence-corrected chi connectivity index (χ2v) is 14.3. The fourth-order valence-corrected chi connectivity index (χ4v) is 7.00. The number of carboxylic acid groups (broad SMARTS) is 1. The van der Waals surface area contributed by atoms with Gasteiger partial charge in [0.15, 0.2) is 0 Å². The number of benzene rings is 2. The third-order valence-corrected chi connectivity index (χ3v) is 10.2. The second kappa shape index (κ2) is 15.8. The molecule has 0 saturated heterocycles. The third-order valence-electron chi connectivity index (χ3n) is 8.72. The molecule has 1 saturated carbocycles. The summed E-state index contributed by atoms with van der Waals surface area (Å²) >= 11 is 6.40. The molecule has 2 amide bonds. The Morgan fingerprint density at radius 3 is 2.64 bits per heavy atom. The Morgan fingerprint density at radius 1 is 1.18 bits per heavy atom. The first-order chi connectivity index (χ1) is 21.1. The van der Waals surface area contributed by atoms with Crippen molar-refractivity contribution in [1.29, 1.82) is 0 Å². The minimum absolute atomic E-state index is 0.0786. The van der Waals surface area contributed by atoms with Gasteiger partial charge in [0.2, 0.25) is 0 Å². The van der Waals surface area contributed by atoms with Crippen molar-refractivity contribution in [2.45, 2.75) is 71.0 Å². The van der Waals surface area contributed by atoms with Crippen molar-refractivity contribution in [3.63, 3.8) is 0 Å². The molecule has 3 N–H and O–H groups in total. The molecule has 0 radical (unpaired) electrons. The van der Waals surface area contributed by atoms with Crippen LogP contribution >= 0.6 is 11.6 Å². The summed E-state index contributed by atoms with van der Waals surface area (Å²) in [5.74, 6) is 1.20. The van der Waals surface area contributed by atoms with E-state index in [1.165, 1.54) is 11.1 Å². The lowest BCUT2D eigenvalue weighted by atomic mass is 9.66. The fraction of sp³-hybridized carbons (Fsp3) is 0.529. The van der Waals surface area contributed by atoms with E-state index in [1.54, 1.807) is 19.9 Å². The number of aryl methyl sites for hydroxylation is 1. The van der Waals surface area contributed by atoms with Crippen LogP contribution in [0.5, 0.6) is 5.75 Å². The SMILES string of the molecule is CC/C=C/C(CNC(=O)O)C1CCC1CN1CC(c2ccc(Cl)cc2CCC)COc2ccc(C(=O)NS(=O)C(C)C)cc21. The Kier molecular flexibility index (Phi) is 12.2. The number of anilines is 1. The zero-order valence-corrected chi connectivity index (χ0v) is 27.8. The van der Waals surface area contributed by atoms with E-state index in [4.69, 9.17) is 16.3 Å². The summed E-state index contributed by atoms with van der Waals surface area (Å²) in [7, 11) is -1.48. The van der Waals surface area contributed by atoms with E-state index in [0.717, 1.165) is 49.4 Å². The summed E-state index contributed by atoms with van der Waals surface area (Å²) in [6.45, 7) is 10.2. The number of fused-ring (bicyclic) bond motifs is 1. The molecule has 8 nitrogen and oxygen atoms in total. The topological polar surface area (TPSA) is 108 Å². The lowest BCUT2D eigenvalue weighted by Crippen LogP contribution is -2.44. The first-order valence-electron chi connectivity index (χ1n) is 15.8. The second-order valence-electron chi connectivity index (χ2n) is 12.2. The van der Waals surface area contributed by atoms with Crippen molar-refractivity contribution in [1.82, 2.24) is 10.0 Å². The van der Waals surface area contributed by atoms with Crippen molar-refractivity contribution in [2.75, 3.05) is 31.1 Å². The van der Waals surface area contributed by atoms with E-state index in [0.29, 0.717) is 42.8 Å². The molecule has 0 bridgehead atoms. The summed E-state index contributed by atoms with van der Waals surface area (Å²) in [4.78, 5) is 26.8. The molecule has 4 rings (SSSR count). The number of amides is 2. The summed E-state index contributed by atoms with van der Waals surface area (Å²) in [6, 6.07) is 11.5. The molecule has 2 aromatic rings. The van der Waals surface area contributed by atoms with Gasteiger partial charge in [-0.25, -0.2) is 9.00 Å². The number of carbonyl (C=O) groups excluding carboxylic acids is 1. The van der Waals surface area contributed by atoms with Crippen LogP contribution in [0.1, 0.15) is 80.8 Å². The molecule has 1 aliphatic carbocycles. The first-order valence-corrected chi connectivity index (χ1v) is 17.3. The molecular formula is C34H46ClN3O5S. The normalized spacial score (nSPS) is 21.1. The molecule has 2 aromatic carbocycles. The van der Waals surface area contributed by atoms with Gasteiger partial charge in [0.25, 0.3) is 5.91 Å². The molecular weight excluding hydrogens is 598 g/mol. The quantitative estimate of drug-likeness (QED) is 0.204. The van der Waals surface area contributed by atoms with E-state index < -0.39 is 17.1 Å². The van der Waals surface area contributed by atoms with Crippen molar-refractivity contribution < 1.29 is 23.6 Å². The number of halogens is 1. The molecule has 5 unspecified atom stereocenters. The zero-order valence-electron chi connectivity index (χ0n) is 26.2. The number of ether oxygens (including phenoxy) is 1. The van der Waals surface area contributed by atoms with Gasteiger partial charge in [-0.3, -0.25) is 9.52 Å². The zero-order chi connectivity index (χ0) is 31.8. The van der Waals surface area contributed by atoms with Gasteiger partial charge in [0.1, 0.15) is 16.7 Å². The number of allylic oxidation sites excluding steroid dienone is 1. The van der Waals surface area contributed by atoms with Crippen molar-refractivity contribution in [2.24, 2.45) is 17.8 Å². The van der Waals surface area contributed by atoms with Crippen LogP contribution in [0.3, 0.4) is 0 Å². The van der Waals surface area contributed by atoms with E-state index in [9.17, 15) is 18.9 Å². The molecule has 1 fully saturated rings. The average molecular weight is 644 g/mol. The molecule has 2 aliphatic rings. The predicted molar refractivity (Wildman–Crippen MR) is 178 cm³/mol. The summed E-state index contributed by atoms with van der Waals surface area (Å²) in [5, 5.41) is 12.4. The highest BCUT2D eigenvalue weighted by Crippen LogP contribution is 2.44. The highest BCUT2D eigenvalue weighted by molar-refractivity contribution is 7.84. The molecule has 44 heavy (non-hydrogen) atoms. The van der Waals surface area contributed by atoms with Crippen LogP contribution in [0.25, 0.3) is 0 Å². The van der Waals surface area contributed by atoms with Crippen LogP contribution in [0, 0.1) is 17.8 Å². The molecule has 1 heterocycles. The largest absolute Gasteiger partial charge is 0.491 e. The Hall–Kier alpha value is -3.04. The predicted octanol–water partition coefficient (Wildman–Crippen LogP) is 6.95. The van der Waals surface area contributed by atoms with Crippen LogP contribution < -0.4 is 19.7 Å². The minimum atomic E-state index is -1.48. The number of hydrogen-bond donors (Lipinski definition) is 3. The van der Waals surface area contributed by atoms with Crippen molar-refractivity contribution >= 4 is 40.3 Å². The maximum absolute atomic E-state index is 13.1. The summed E-state index contributed by atoms with van der Waals surface area (Å²) < 4.78 is 21.5. The van der Waals surface area contributed by atoms with Gasteiger partial charge in [-0.15, -0.1) is 0 Å². The average Bonchev–Trinajstić information content (AvgIpc) is 3.15. The molecule has 10 heteroatoms. The van der Waals surface area contributed by atoms with E-state index >= 15 is 0 Å². The van der Waals surface area contributed by atoms with E-state index in [1.807, 2.05) is 18.2 Å². The minimum Gasteiger partial charge on any atom is -0.491 e. The Labute approximate surface area is 269 Å². The van der Waals surface area contributed by atoms with Gasteiger partial charge in [-0.2, -0.15) is 0 Å². The van der Waals surface area contributed by atoms with Crippen LogP contribution in [-0.4, -0.2) is 52.8 Å². The van der Waals surface area contributed by atoms with Crippen LogP contribution in [0.15, 0.2) is 48.6 Å². The number of nitrogens with zero attached hydrogens (tertiary/aromatic N) is 1. The number of hydrogen-bond acceptors (Lipinski definition) is 5. The Balaban J connectivity index is 1.67. The highest BCUT2D eigenvalue weighted by atomic mass is 35.5. The Bertz CT molecular complexity index is 1370. The van der Waals surface area contributed by atoms with Crippen molar-refractivity contribution in [3.8, 4) is 5.75 Å². The maximum atomic E-state index is 13.1. The van der Waals surface area contributed by atoms with Crippen LogP contribution in [-0.2, 0) is 17.4 Å².